The summed E-state index contributed by atoms with van der Waals surface area (Å²) in [5, 5.41) is 9.92. The second-order valence-electron chi connectivity index (χ2n) is 6.35. The zero-order chi connectivity index (χ0) is 17.8. The molecule has 2 aromatic rings. The van der Waals surface area contributed by atoms with Gasteiger partial charge in [-0.25, -0.2) is 0 Å². The Morgan fingerprint density at radius 2 is 1.88 bits per heavy atom. The minimum atomic E-state index is -0.698. The van der Waals surface area contributed by atoms with Gasteiger partial charge in [0.2, 0.25) is 0 Å². The number of rotatable bonds is 5. The molecule has 132 valence electrons. The maximum atomic E-state index is 11.3. The van der Waals surface area contributed by atoms with Crippen molar-refractivity contribution in [2.45, 2.75) is 18.9 Å². The number of nitrogens with zero attached hydrogens (tertiary/aromatic N) is 1. The largest absolute Gasteiger partial charge is 0.496 e. The Bertz CT molecular complexity index is 727. The molecule has 2 aromatic carbocycles. The number of carboxylic acids is 1. The van der Waals surface area contributed by atoms with Crippen LogP contribution in [0.4, 0.5) is 0 Å². The van der Waals surface area contributed by atoms with Gasteiger partial charge in [-0.3, -0.25) is 9.69 Å². The van der Waals surface area contributed by atoms with Crippen LogP contribution in [0.15, 0.2) is 48.5 Å². The van der Waals surface area contributed by atoms with Crippen LogP contribution in [-0.2, 0) is 4.79 Å². The predicted molar refractivity (Wildman–Crippen MR) is 98.2 cm³/mol. The predicted octanol–water partition coefficient (Wildman–Crippen LogP) is 4.23. The molecule has 0 bridgehead atoms. The number of likely N-dealkylation sites (tertiary alicyclic amines) is 1. The first-order valence-electron chi connectivity index (χ1n) is 8.45. The number of methoxy groups -OCH3 is 1. The highest BCUT2D eigenvalue weighted by Gasteiger charge is 2.31. The Balaban J connectivity index is 1.98. The van der Waals surface area contributed by atoms with Crippen LogP contribution in [0.25, 0.3) is 0 Å². The first-order valence-corrected chi connectivity index (χ1v) is 8.83. The summed E-state index contributed by atoms with van der Waals surface area (Å²) >= 11 is 6.26. The summed E-state index contributed by atoms with van der Waals surface area (Å²) in [4.78, 5) is 13.6. The Morgan fingerprint density at radius 3 is 2.48 bits per heavy atom. The molecule has 0 radical (unpaired) electrons. The third-order valence-electron chi connectivity index (χ3n) is 4.85. The van der Waals surface area contributed by atoms with Gasteiger partial charge in [0.15, 0.2) is 0 Å². The zero-order valence-corrected chi connectivity index (χ0v) is 14.9. The molecule has 1 aliphatic rings. The summed E-state index contributed by atoms with van der Waals surface area (Å²) in [5.41, 5.74) is 2.16. The molecule has 0 spiro atoms. The number of hydrogen-bond donors (Lipinski definition) is 1. The second kappa shape index (κ2) is 7.89. The lowest BCUT2D eigenvalue weighted by Crippen LogP contribution is -2.39. The van der Waals surface area contributed by atoms with Crippen molar-refractivity contribution in [2.24, 2.45) is 5.92 Å². The normalized spacial score (nSPS) is 17.2. The van der Waals surface area contributed by atoms with Crippen LogP contribution < -0.4 is 4.74 Å². The van der Waals surface area contributed by atoms with E-state index in [1.807, 2.05) is 36.4 Å². The van der Waals surface area contributed by atoms with Gasteiger partial charge in [-0.15, -0.1) is 0 Å². The van der Waals surface area contributed by atoms with Gasteiger partial charge >= 0.3 is 5.97 Å². The molecule has 0 saturated carbocycles. The second-order valence-corrected chi connectivity index (χ2v) is 6.78. The number of aliphatic carboxylic acids is 1. The van der Waals surface area contributed by atoms with E-state index in [-0.39, 0.29) is 12.0 Å². The van der Waals surface area contributed by atoms with Crippen molar-refractivity contribution in [1.82, 2.24) is 4.90 Å². The van der Waals surface area contributed by atoms with Crippen molar-refractivity contribution in [3.8, 4) is 5.75 Å². The molecular formula is C20H22ClNO3. The Labute approximate surface area is 153 Å². The van der Waals surface area contributed by atoms with Crippen molar-refractivity contribution >= 4 is 17.6 Å². The number of piperidine rings is 1. The van der Waals surface area contributed by atoms with E-state index in [1.165, 1.54) is 0 Å². The van der Waals surface area contributed by atoms with E-state index in [4.69, 9.17) is 16.3 Å². The highest BCUT2D eigenvalue weighted by molar-refractivity contribution is 6.30. The van der Waals surface area contributed by atoms with Gasteiger partial charge in [0.05, 0.1) is 19.1 Å². The van der Waals surface area contributed by atoms with E-state index in [1.54, 1.807) is 7.11 Å². The molecule has 0 aliphatic carbocycles. The molecule has 3 rings (SSSR count). The maximum absolute atomic E-state index is 11.3. The lowest BCUT2D eigenvalue weighted by atomic mass is 9.91. The third-order valence-corrected chi connectivity index (χ3v) is 5.08. The maximum Gasteiger partial charge on any atom is 0.306 e. The number of carbonyl (C=O) groups is 1. The van der Waals surface area contributed by atoms with Crippen LogP contribution in [0.2, 0.25) is 5.02 Å². The van der Waals surface area contributed by atoms with Crippen molar-refractivity contribution in [2.75, 3.05) is 20.2 Å². The molecule has 5 heteroatoms. The average Bonchev–Trinajstić information content (AvgIpc) is 2.63. The Kier molecular flexibility index (Phi) is 5.61. The lowest BCUT2D eigenvalue weighted by molar-refractivity contribution is -0.143. The number of carboxylic acid groups (broad SMARTS) is 1. The van der Waals surface area contributed by atoms with Gasteiger partial charge in [-0.1, -0.05) is 41.9 Å². The molecule has 25 heavy (non-hydrogen) atoms. The van der Waals surface area contributed by atoms with E-state index >= 15 is 0 Å². The van der Waals surface area contributed by atoms with Crippen LogP contribution in [-0.4, -0.2) is 36.2 Å². The summed E-state index contributed by atoms with van der Waals surface area (Å²) in [6.07, 6.45) is 1.31. The van der Waals surface area contributed by atoms with Gasteiger partial charge in [-0.2, -0.15) is 0 Å². The van der Waals surface area contributed by atoms with E-state index in [0.29, 0.717) is 17.9 Å². The van der Waals surface area contributed by atoms with E-state index in [9.17, 15) is 9.90 Å². The quantitative estimate of drug-likeness (QED) is 0.867. The average molecular weight is 360 g/mol. The van der Waals surface area contributed by atoms with Crippen molar-refractivity contribution in [3.63, 3.8) is 0 Å². The topological polar surface area (TPSA) is 49.8 Å². The molecule has 1 N–H and O–H groups in total. The smallest absolute Gasteiger partial charge is 0.306 e. The molecule has 4 nitrogen and oxygen atoms in total. The van der Waals surface area contributed by atoms with Crippen molar-refractivity contribution in [3.05, 3.63) is 64.7 Å². The van der Waals surface area contributed by atoms with Gasteiger partial charge in [-0.05, 0) is 49.7 Å². The minimum absolute atomic E-state index is 0.00963. The monoisotopic (exact) mass is 359 g/mol. The Morgan fingerprint density at radius 1 is 1.20 bits per heavy atom. The molecule has 1 aliphatic heterocycles. The fourth-order valence-corrected chi connectivity index (χ4v) is 3.73. The van der Waals surface area contributed by atoms with Crippen molar-refractivity contribution < 1.29 is 14.6 Å². The summed E-state index contributed by atoms with van der Waals surface area (Å²) < 4.78 is 5.57. The summed E-state index contributed by atoms with van der Waals surface area (Å²) in [6, 6.07) is 15.9. The number of benzene rings is 2. The van der Waals surface area contributed by atoms with Gasteiger partial charge < -0.3 is 9.84 Å². The third kappa shape index (κ3) is 3.97. The summed E-state index contributed by atoms with van der Waals surface area (Å²) in [7, 11) is 1.66. The summed E-state index contributed by atoms with van der Waals surface area (Å²) in [6.45, 7) is 1.46. The molecule has 1 heterocycles. The molecule has 1 fully saturated rings. The fraction of sp³-hybridized carbons (Fsp3) is 0.350. The Hall–Kier alpha value is -2.04. The van der Waals surface area contributed by atoms with Gasteiger partial charge in [0.1, 0.15) is 5.75 Å². The van der Waals surface area contributed by atoms with E-state index in [2.05, 4.69) is 17.0 Å². The first kappa shape index (κ1) is 17.8. The van der Waals surface area contributed by atoms with Crippen molar-refractivity contribution in [1.29, 1.82) is 0 Å². The number of halogens is 1. The number of hydrogen-bond acceptors (Lipinski definition) is 3. The first-order chi connectivity index (χ1) is 12.1. The van der Waals surface area contributed by atoms with Gasteiger partial charge in [0.25, 0.3) is 0 Å². The van der Waals surface area contributed by atoms with Crippen LogP contribution >= 0.6 is 11.6 Å². The summed E-state index contributed by atoms with van der Waals surface area (Å²) in [5.74, 6) is -0.163. The molecule has 1 unspecified atom stereocenters. The highest BCUT2D eigenvalue weighted by atomic mass is 35.5. The lowest BCUT2D eigenvalue weighted by Gasteiger charge is -2.37. The van der Waals surface area contributed by atoms with Crippen LogP contribution in [0, 0.1) is 5.92 Å². The molecular weight excluding hydrogens is 338 g/mol. The zero-order valence-electron chi connectivity index (χ0n) is 14.2. The standard InChI is InChI=1S/C20H22ClNO3/c1-25-18-8-7-16(21)13-17(18)19(14-5-3-2-4-6-14)22-11-9-15(10-12-22)20(23)24/h2-8,13,15,19H,9-12H2,1H3,(H,23,24). The van der Waals surface area contributed by atoms with Crippen LogP contribution in [0.3, 0.4) is 0 Å². The van der Waals surface area contributed by atoms with E-state index < -0.39 is 5.97 Å². The molecule has 1 atom stereocenters. The van der Waals surface area contributed by atoms with Crippen LogP contribution in [0.1, 0.15) is 30.0 Å². The molecule has 0 aromatic heterocycles. The molecule has 0 amide bonds. The minimum Gasteiger partial charge on any atom is -0.496 e. The fourth-order valence-electron chi connectivity index (χ4n) is 3.55. The van der Waals surface area contributed by atoms with E-state index in [0.717, 1.165) is 30.0 Å². The molecule has 1 saturated heterocycles. The highest BCUT2D eigenvalue weighted by Crippen LogP contribution is 2.38. The number of ether oxygens (including phenoxy) is 1. The van der Waals surface area contributed by atoms with Crippen LogP contribution in [0.5, 0.6) is 5.75 Å². The SMILES string of the molecule is COc1ccc(Cl)cc1C(c1ccccc1)N1CCC(C(=O)O)CC1. The van der Waals surface area contributed by atoms with Gasteiger partial charge in [0, 0.05) is 10.6 Å².